The quantitative estimate of drug-likeness (QED) is 0.241. The first kappa shape index (κ1) is 26.8. The van der Waals surface area contributed by atoms with Gasteiger partial charge in [0.2, 0.25) is 5.91 Å². The number of aryl methyl sites for hydroxylation is 2. The molecular weight excluding hydrogens is 534 g/mol. The van der Waals surface area contributed by atoms with Crippen LogP contribution >= 0.6 is 11.3 Å². The number of anilines is 3. The van der Waals surface area contributed by atoms with E-state index in [0.717, 1.165) is 64.6 Å². The molecule has 0 saturated carbocycles. The standard InChI is InChI=1S/C32H33N5O3S/c1-19-6-9-23(27(14-19)37-12-4-3-5-13-37)30(28-11-7-20(2)40-28)36-29(38)16-21-8-10-26-24(15-21)25(31(39)35-26)17-22-18-34-32(33)41-22/h6-11,14-15,17-18,30H,3-5,12-13,16H2,1-2H3,(H2,33,34)(H,35,39)(H,36,38)/b25-17-. The maximum atomic E-state index is 13.6. The number of amides is 2. The van der Waals surface area contributed by atoms with Gasteiger partial charge in [0.1, 0.15) is 17.6 Å². The molecule has 2 amide bonds. The Labute approximate surface area is 243 Å². The number of nitrogens with zero attached hydrogens (tertiary/aromatic N) is 2. The average Bonchev–Trinajstić information content (AvgIpc) is 3.66. The van der Waals surface area contributed by atoms with Crippen LogP contribution in [0.1, 0.15) is 64.0 Å². The summed E-state index contributed by atoms with van der Waals surface area (Å²) in [6.07, 6.45) is 7.15. The lowest BCUT2D eigenvalue weighted by molar-refractivity contribution is -0.121. The largest absolute Gasteiger partial charge is 0.464 e. The van der Waals surface area contributed by atoms with Crippen LogP contribution in [0, 0.1) is 13.8 Å². The van der Waals surface area contributed by atoms with Crippen LogP contribution < -0.4 is 21.3 Å². The van der Waals surface area contributed by atoms with Crippen LogP contribution in [0.25, 0.3) is 11.6 Å². The smallest absolute Gasteiger partial charge is 0.256 e. The fourth-order valence-corrected chi connectivity index (χ4v) is 6.24. The van der Waals surface area contributed by atoms with Crippen molar-refractivity contribution in [2.45, 2.75) is 45.6 Å². The van der Waals surface area contributed by atoms with Crippen LogP contribution in [-0.2, 0) is 16.0 Å². The zero-order valence-corrected chi connectivity index (χ0v) is 24.0. The van der Waals surface area contributed by atoms with E-state index in [-0.39, 0.29) is 18.2 Å². The minimum absolute atomic E-state index is 0.132. The number of nitrogens with one attached hydrogen (secondary N) is 2. The van der Waals surface area contributed by atoms with Gasteiger partial charge in [-0.2, -0.15) is 0 Å². The van der Waals surface area contributed by atoms with Crippen molar-refractivity contribution in [3.05, 3.63) is 93.4 Å². The molecule has 2 aliphatic rings. The summed E-state index contributed by atoms with van der Waals surface area (Å²) in [5, 5.41) is 6.61. The van der Waals surface area contributed by atoms with Crippen molar-refractivity contribution in [3.8, 4) is 0 Å². The molecule has 8 nitrogen and oxygen atoms in total. The van der Waals surface area contributed by atoms with Gasteiger partial charge in [0, 0.05) is 46.7 Å². The topological polar surface area (TPSA) is 113 Å². The molecule has 2 aromatic carbocycles. The fourth-order valence-electron chi connectivity index (χ4n) is 5.61. The maximum absolute atomic E-state index is 13.6. The number of thiazole rings is 1. The number of benzene rings is 2. The van der Waals surface area contributed by atoms with Gasteiger partial charge in [-0.3, -0.25) is 9.59 Å². The van der Waals surface area contributed by atoms with Crippen molar-refractivity contribution in [1.82, 2.24) is 10.3 Å². The monoisotopic (exact) mass is 567 g/mol. The lowest BCUT2D eigenvalue weighted by Crippen LogP contribution is -2.34. The molecule has 4 N–H and O–H groups in total. The Kier molecular flexibility index (Phi) is 7.36. The van der Waals surface area contributed by atoms with E-state index < -0.39 is 6.04 Å². The molecule has 9 heteroatoms. The Morgan fingerprint density at radius 3 is 2.71 bits per heavy atom. The van der Waals surface area contributed by atoms with E-state index in [1.165, 1.54) is 23.3 Å². The first-order chi connectivity index (χ1) is 19.8. The third-order valence-electron chi connectivity index (χ3n) is 7.60. The number of nitrogens with two attached hydrogens (primary N) is 1. The molecule has 6 rings (SSSR count). The number of carbonyl (C=O) groups excluding carboxylic acids is 2. The SMILES string of the molecule is Cc1ccc(C(NC(=O)Cc2ccc3c(c2)/C(=C/c2cnc(N)s2)C(=O)N3)c2ccc(C)o2)c(N2CCCCC2)c1. The molecule has 210 valence electrons. The lowest BCUT2D eigenvalue weighted by Gasteiger charge is -2.32. The summed E-state index contributed by atoms with van der Waals surface area (Å²) in [5.41, 5.74) is 11.9. The van der Waals surface area contributed by atoms with E-state index in [0.29, 0.717) is 16.5 Å². The van der Waals surface area contributed by atoms with Gasteiger partial charge in [0.05, 0.1) is 12.0 Å². The second kappa shape index (κ2) is 11.2. The highest BCUT2D eigenvalue weighted by Gasteiger charge is 2.28. The highest BCUT2D eigenvalue weighted by molar-refractivity contribution is 7.16. The van der Waals surface area contributed by atoms with Gasteiger partial charge >= 0.3 is 0 Å². The maximum Gasteiger partial charge on any atom is 0.256 e. The summed E-state index contributed by atoms with van der Waals surface area (Å²) in [6, 6.07) is 15.5. The number of hydrogen-bond acceptors (Lipinski definition) is 7. The molecule has 0 radical (unpaired) electrons. The van der Waals surface area contributed by atoms with Crippen molar-refractivity contribution < 1.29 is 14.0 Å². The van der Waals surface area contributed by atoms with E-state index in [1.807, 2.05) is 37.3 Å². The molecule has 1 atom stereocenters. The minimum atomic E-state index is -0.432. The minimum Gasteiger partial charge on any atom is -0.464 e. The molecule has 1 unspecified atom stereocenters. The van der Waals surface area contributed by atoms with Crippen molar-refractivity contribution in [3.63, 3.8) is 0 Å². The van der Waals surface area contributed by atoms with Gasteiger partial charge in [-0.05, 0) is 80.6 Å². The Morgan fingerprint density at radius 1 is 1.15 bits per heavy atom. The zero-order valence-electron chi connectivity index (χ0n) is 23.2. The molecule has 1 fully saturated rings. The molecule has 0 aliphatic carbocycles. The van der Waals surface area contributed by atoms with Gasteiger partial charge < -0.3 is 25.7 Å². The van der Waals surface area contributed by atoms with Crippen LogP contribution in [0.5, 0.6) is 0 Å². The fraction of sp³-hybridized carbons (Fsp3) is 0.281. The summed E-state index contributed by atoms with van der Waals surface area (Å²) in [5.74, 6) is 1.18. The molecule has 1 saturated heterocycles. The molecule has 4 aromatic rings. The van der Waals surface area contributed by atoms with Crippen LogP contribution in [0.4, 0.5) is 16.5 Å². The number of piperidine rings is 1. The first-order valence-corrected chi connectivity index (χ1v) is 14.7. The molecule has 41 heavy (non-hydrogen) atoms. The Balaban J connectivity index is 1.28. The molecular formula is C32H33N5O3S. The van der Waals surface area contributed by atoms with E-state index in [4.69, 9.17) is 10.2 Å². The Morgan fingerprint density at radius 2 is 1.98 bits per heavy atom. The van der Waals surface area contributed by atoms with Crippen LogP contribution in [-0.4, -0.2) is 29.9 Å². The van der Waals surface area contributed by atoms with Crippen molar-refractivity contribution in [1.29, 1.82) is 0 Å². The average molecular weight is 568 g/mol. The first-order valence-electron chi connectivity index (χ1n) is 13.9. The molecule has 2 aliphatic heterocycles. The van der Waals surface area contributed by atoms with E-state index in [1.54, 1.807) is 12.3 Å². The van der Waals surface area contributed by atoms with E-state index >= 15 is 0 Å². The summed E-state index contributed by atoms with van der Waals surface area (Å²) in [6.45, 7) is 6.01. The summed E-state index contributed by atoms with van der Waals surface area (Å²) in [4.78, 5) is 33.6. The van der Waals surface area contributed by atoms with E-state index in [2.05, 4.69) is 45.6 Å². The van der Waals surface area contributed by atoms with Gasteiger partial charge in [0.25, 0.3) is 5.91 Å². The van der Waals surface area contributed by atoms with Crippen molar-refractivity contribution in [2.24, 2.45) is 0 Å². The predicted octanol–water partition coefficient (Wildman–Crippen LogP) is 5.87. The van der Waals surface area contributed by atoms with Crippen molar-refractivity contribution in [2.75, 3.05) is 29.0 Å². The van der Waals surface area contributed by atoms with Crippen LogP contribution in [0.3, 0.4) is 0 Å². The second-order valence-electron chi connectivity index (χ2n) is 10.7. The molecule has 2 aromatic heterocycles. The normalized spacial score (nSPS) is 16.5. The predicted molar refractivity (Wildman–Crippen MR) is 164 cm³/mol. The number of hydrogen-bond donors (Lipinski definition) is 3. The van der Waals surface area contributed by atoms with Crippen LogP contribution in [0.2, 0.25) is 0 Å². The summed E-state index contributed by atoms with van der Waals surface area (Å²) in [7, 11) is 0. The number of fused-ring (bicyclic) bond motifs is 1. The lowest BCUT2D eigenvalue weighted by atomic mass is 9.97. The number of nitrogen functional groups attached to an aromatic ring is 1. The molecule has 0 bridgehead atoms. The zero-order chi connectivity index (χ0) is 28.5. The van der Waals surface area contributed by atoms with E-state index in [9.17, 15) is 9.59 Å². The summed E-state index contributed by atoms with van der Waals surface area (Å²) < 4.78 is 6.07. The highest BCUT2D eigenvalue weighted by Crippen LogP contribution is 2.36. The second-order valence-corrected chi connectivity index (χ2v) is 11.8. The summed E-state index contributed by atoms with van der Waals surface area (Å²) >= 11 is 1.32. The van der Waals surface area contributed by atoms with Crippen molar-refractivity contribution >= 4 is 51.3 Å². The number of furan rings is 1. The highest BCUT2D eigenvalue weighted by atomic mass is 32.1. The molecule has 0 spiro atoms. The van der Waals surface area contributed by atoms with Crippen LogP contribution in [0.15, 0.2) is 59.1 Å². The Bertz CT molecular complexity index is 1650. The van der Waals surface area contributed by atoms with Gasteiger partial charge in [-0.1, -0.05) is 29.5 Å². The number of carbonyl (C=O) groups is 2. The number of aromatic nitrogens is 1. The third kappa shape index (κ3) is 5.76. The molecule has 4 heterocycles. The third-order valence-corrected chi connectivity index (χ3v) is 8.38. The Hall–Kier alpha value is -4.37. The van der Waals surface area contributed by atoms with Gasteiger partial charge in [-0.15, -0.1) is 0 Å². The van der Waals surface area contributed by atoms with Gasteiger partial charge in [0.15, 0.2) is 5.13 Å². The number of rotatable bonds is 7. The van der Waals surface area contributed by atoms with Gasteiger partial charge in [-0.25, -0.2) is 4.98 Å².